The number of rotatable bonds is 9. The molecule has 2 N–H and O–H groups in total. The van der Waals surface area contributed by atoms with Crippen LogP contribution in [-0.4, -0.2) is 60.0 Å². The van der Waals surface area contributed by atoms with Gasteiger partial charge >= 0.3 is 6.09 Å². The minimum absolute atomic E-state index is 0.000117. The van der Waals surface area contributed by atoms with E-state index < -0.39 is 23.2 Å². The van der Waals surface area contributed by atoms with Crippen molar-refractivity contribution in [1.82, 2.24) is 10.2 Å². The van der Waals surface area contributed by atoms with Crippen LogP contribution in [0.15, 0.2) is 72.8 Å². The molecule has 1 aliphatic carbocycles. The number of nitrogens with one attached hydrogen (secondary N) is 1. The summed E-state index contributed by atoms with van der Waals surface area (Å²) in [7, 11) is 1.63. The van der Waals surface area contributed by atoms with Gasteiger partial charge in [-0.2, -0.15) is 0 Å². The molecule has 8 nitrogen and oxygen atoms in total. The Morgan fingerprint density at radius 2 is 1.67 bits per heavy atom. The zero-order valence-electron chi connectivity index (χ0n) is 25.6. The van der Waals surface area contributed by atoms with Crippen LogP contribution in [0.1, 0.15) is 55.9 Å². The summed E-state index contributed by atoms with van der Waals surface area (Å²) < 4.78 is 17.5. The third-order valence-corrected chi connectivity index (χ3v) is 9.03. The van der Waals surface area contributed by atoms with Crippen LogP contribution >= 0.6 is 0 Å². The predicted molar refractivity (Wildman–Crippen MR) is 164 cm³/mol. The Morgan fingerprint density at radius 1 is 1.02 bits per heavy atom. The van der Waals surface area contributed by atoms with Crippen molar-refractivity contribution in [1.29, 1.82) is 0 Å². The van der Waals surface area contributed by atoms with Crippen molar-refractivity contribution in [2.75, 3.05) is 20.2 Å². The van der Waals surface area contributed by atoms with Gasteiger partial charge in [-0.05, 0) is 55.2 Å². The standard InChI is InChI=1S/C35H42N2O6/c1-23(38)35(4)22-37(32(39)34(2,3)36-33(40)42-21-24-11-7-6-8-12-24)20-29(35)27-15-16-30(41-5)31(19-27)43-28-17-25-13-9-10-14-26(25)18-28/h6-16,19,23,28-29,38H,17-18,20-22H2,1-5H3,(H,36,40)/t23-,29+,35+/m1/s1. The van der Waals surface area contributed by atoms with Crippen molar-refractivity contribution in [2.24, 2.45) is 5.41 Å². The average Bonchev–Trinajstić information content (AvgIpc) is 3.57. The first-order valence-electron chi connectivity index (χ1n) is 14.9. The van der Waals surface area contributed by atoms with Gasteiger partial charge in [0.25, 0.3) is 0 Å². The summed E-state index contributed by atoms with van der Waals surface area (Å²) in [5, 5.41) is 13.7. The number of alkyl carbamates (subject to hydrolysis) is 1. The lowest BCUT2D eigenvalue weighted by Crippen LogP contribution is -2.56. The number of hydrogen-bond acceptors (Lipinski definition) is 6. The highest BCUT2D eigenvalue weighted by atomic mass is 16.5. The molecule has 1 heterocycles. The molecule has 3 atom stereocenters. The monoisotopic (exact) mass is 586 g/mol. The quantitative estimate of drug-likeness (QED) is 0.355. The summed E-state index contributed by atoms with van der Waals surface area (Å²) in [5.41, 5.74) is 2.57. The van der Waals surface area contributed by atoms with Crippen LogP contribution < -0.4 is 14.8 Å². The van der Waals surface area contributed by atoms with E-state index in [9.17, 15) is 14.7 Å². The first-order chi connectivity index (χ1) is 20.5. The molecule has 43 heavy (non-hydrogen) atoms. The third-order valence-electron chi connectivity index (χ3n) is 9.03. The summed E-state index contributed by atoms with van der Waals surface area (Å²) in [6.07, 6.45) is 0.299. The zero-order chi connectivity index (χ0) is 30.8. The van der Waals surface area contributed by atoms with Gasteiger partial charge in [-0.25, -0.2) is 4.79 Å². The lowest BCUT2D eigenvalue weighted by molar-refractivity contribution is -0.136. The van der Waals surface area contributed by atoms with E-state index in [1.54, 1.807) is 32.8 Å². The molecule has 2 amide bonds. The maximum atomic E-state index is 13.8. The summed E-state index contributed by atoms with van der Waals surface area (Å²) in [4.78, 5) is 28.1. The first-order valence-corrected chi connectivity index (χ1v) is 14.9. The Balaban J connectivity index is 1.31. The number of ether oxygens (including phenoxy) is 3. The van der Waals surface area contributed by atoms with E-state index in [0.29, 0.717) is 24.6 Å². The number of carbonyl (C=O) groups excluding carboxylic acids is 2. The molecule has 1 fully saturated rings. The van der Waals surface area contributed by atoms with E-state index in [0.717, 1.165) is 24.0 Å². The Labute approximate surface area is 254 Å². The second-order valence-corrected chi connectivity index (χ2v) is 12.6. The molecule has 3 aromatic rings. The summed E-state index contributed by atoms with van der Waals surface area (Å²) in [5.74, 6) is 0.876. The van der Waals surface area contributed by atoms with Crippen LogP contribution in [0.5, 0.6) is 11.5 Å². The lowest BCUT2D eigenvalue weighted by Gasteiger charge is -2.34. The SMILES string of the molecule is COc1ccc([C@@H]2CN(C(=O)C(C)(C)NC(=O)OCc3ccccc3)C[C@@]2(C)[C@@H](C)O)cc1OC1Cc2ccccc2C1. The number of benzene rings is 3. The van der Waals surface area contributed by atoms with Crippen molar-refractivity contribution in [3.63, 3.8) is 0 Å². The number of fused-ring (bicyclic) bond motifs is 1. The van der Waals surface area contributed by atoms with Crippen molar-refractivity contribution >= 4 is 12.0 Å². The minimum Gasteiger partial charge on any atom is -0.493 e. The zero-order valence-corrected chi connectivity index (χ0v) is 25.6. The largest absolute Gasteiger partial charge is 0.493 e. The molecule has 0 aromatic heterocycles. The van der Waals surface area contributed by atoms with Gasteiger partial charge in [-0.15, -0.1) is 0 Å². The summed E-state index contributed by atoms with van der Waals surface area (Å²) in [6, 6.07) is 23.6. The van der Waals surface area contributed by atoms with Gasteiger partial charge in [-0.3, -0.25) is 4.79 Å². The fourth-order valence-electron chi connectivity index (χ4n) is 6.33. The van der Waals surface area contributed by atoms with E-state index >= 15 is 0 Å². The maximum absolute atomic E-state index is 13.8. The van der Waals surface area contributed by atoms with E-state index in [2.05, 4.69) is 29.6 Å². The van der Waals surface area contributed by atoms with Crippen LogP contribution in [0.25, 0.3) is 0 Å². The second kappa shape index (κ2) is 12.3. The molecule has 2 aliphatic rings. The Morgan fingerprint density at radius 3 is 2.30 bits per heavy atom. The Bertz CT molecular complexity index is 1430. The van der Waals surface area contributed by atoms with E-state index in [4.69, 9.17) is 14.2 Å². The molecule has 0 bridgehead atoms. The number of amides is 2. The van der Waals surface area contributed by atoms with E-state index in [-0.39, 0.29) is 24.5 Å². The third kappa shape index (κ3) is 6.49. The number of aliphatic hydroxyl groups excluding tert-OH is 1. The normalized spacial score (nSPS) is 20.8. The highest BCUT2D eigenvalue weighted by molar-refractivity contribution is 5.89. The minimum atomic E-state index is -1.21. The lowest BCUT2D eigenvalue weighted by atomic mass is 9.72. The van der Waals surface area contributed by atoms with Crippen LogP contribution in [-0.2, 0) is 29.0 Å². The molecule has 0 radical (unpaired) electrons. The number of likely N-dealkylation sites (tertiary alicyclic amines) is 1. The Hall–Kier alpha value is -4.04. The predicted octanol–water partition coefficient (Wildman–Crippen LogP) is 5.26. The van der Waals surface area contributed by atoms with Crippen molar-refractivity contribution in [3.05, 3.63) is 95.1 Å². The van der Waals surface area contributed by atoms with Crippen LogP contribution in [0.3, 0.4) is 0 Å². The number of methoxy groups -OCH3 is 1. The van der Waals surface area contributed by atoms with Crippen molar-refractivity contribution < 1.29 is 28.9 Å². The summed E-state index contributed by atoms with van der Waals surface area (Å²) >= 11 is 0. The molecule has 3 aromatic carbocycles. The molecule has 8 heteroatoms. The number of carbonyl (C=O) groups is 2. The maximum Gasteiger partial charge on any atom is 0.408 e. The topological polar surface area (TPSA) is 97.3 Å². The van der Waals surface area contributed by atoms with Gasteiger partial charge in [0, 0.05) is 37.3 Å². The molecule has 1 aliphatic heterocycles. The number of aliphatic hydroxyl groups is 1. The van der Waals surface area contributed by atoms with Crippen LogP contribution in [0.2, 0.25) is 0 Å². The molecule has 228 valence electrons. The van der Waals surface area contributed by atoms with Gasteiger partial charge in [-0.1, -0.05) is 67.6 Å². The fraction of sp³-hybridized carbons (Fsp3) is 0.429. The molecular formula is C35H42N2O6. The fourth-order valence-corrected chi connectivity index (χ4v) is 6.33. The van der Waals surface area contributed by atoms with Gasteiger partial charge < -0.3 is 29.5 Å². The smallest absolute Gasteiger partial charge is 0.408 e. The van der Waals surface area contributed by atoms with Crippen molar-refractivity contribution in [2.45, 2.75) is 70.8 Å². The van der Waals surface area contributed by atoms with E-state index in [1.165, 1.54) is 11.1 Å². The van der Waals surface area contributed by atoms with Crippen molar-refractivity contribution in [3.8, 4) is 11.5 Å². The molecule has 0 saturated carbocycles. The second-order valence-electron chi connectivity index (χ2n) is 12.6. The molecule has 1 saturated heterocycles. The van der Waals surface area contributed by atoms with E-state index in [1.807, 2.05) is 55.5 Å². The average molecular weight is 587 g/mol. The van der Waals surface area contributed by atoms with Gasteiger partial charge in [0.05, 0.1) is 13.2 Å². The number of nitrogens with zero attached hydrogens (tertiary/aromatic N) is 1. The van der Waals surface area contributed by atoms with Gasteiger partial charge in [0.15, 0.2) is 11.5 Å². The van der Waals surface area contributed by atoms with Crippen LogP contribution in [0, 0.1) is 5.41 Å². The number of hydrogen-bond donors (Lipinski definition) is 2. The molecule has 5 rings (SSSR count). The molecule has 0 spiro atoms. The molecule has 0 unspecified atom stereocenters. The van der Waals surface area contributed by atoms with Crippen LogP contribution in [0.4, 0.5) is 4.79 Å². The van der Waals surface area contributed by atoms with Gasteiger partial charge in [0.2, 0.25) is 5.91 Å². The molecular weight excluding hydrogens is 544 g/mol. The first kappa shape index (κ1) is 30.4. The Kier molecular flexibility index (Phi) is 8.69. The summed E-state index contributed by atoms with van der Waals surface area (Å²) in [6.45, 7) is 7.93. The van der Waals surface area contributed by atoms with Gasteiger partial charge in [0.1, 0.15) is 18.2 Å². The highest BCUT2D eigenvalue weighted by Gasteiger charge is 2.50. The highest BCUT2D eigenvalue weighted by Crippen LogP contribution is 2.47.